The maximum atomic E-state index is 14.0. The fourth-order valence-corrected chi connectivity index (χ4v) is 8.90. The summed E-state index contributed by atoms with van der Waals surface area (Å²) in [6.07, 6.45) is -5.68. The van der Waals surface area contributed by atoms with Gasteiger partial charge in [-0.05, 0) is 78.8 Å². The van der Waals surface area contributed by atoms with Gasteiger partial charge in [0.05, 0.1) is 16.6 Å². The van der Waals surface area contributed by atoms with E-state index in [9.17, 15) is 52.2 Å². The topological polar surface area (TPSA) is 202 Å². The Balaban J connectivity index is 1.08. The zero-order valence-electron chi connectivity index (χ0n) is 35.1. The van der Waals surface area contributed by atoms with E-state index in [1.165, 1.54) is 21.9 Å². The van der Waals surface area contributed by atoms with Crippen LogP contribution in [0.1, 0.15) is 60.0 Å². The Kier molecular flexibility index (Phi) is 12.7. The van der Waals surface area contributed by atoms with Crippen molar-refractivity contribution >= 4 is 69.0 Å². The largest absolute Gasteiger partial charge is 0.465 e. The summed E-state index contributed by atoms with van der Waals surface area (Å²) in [5, 5.41) is 30.9. The molecule has 2 aliphatic rings. The first-order valence-electron chi connectivity index (χ1n) is 21.2. The van der Waals surface area contributed by atoms with Crippen molar-refractivity contribution in [3.8, 4) is 0 Å². The summed E-state index contributed by atoms with van der Waals surface area (Å²) in [5.41, 5.74) is 2.44. The van der Waals surface area contributed by atoms with Gasteiger partial charge in [-0.2, -0.15) is 13.2 Å². The summed E-state index contributed by atoms with van der Waals surface area (Å²) in [6.45, 7) is 0.537. The molecule has 0 saturated carbocycles. The van der Waals surface area contributed by atoms with Crippen LogP contribution in [0.15, 0.2) is 121 Å². The fourth-order valence-electron chi connectivity index (χ4n) is 8.90. The second kappa shape index (κ2) is 18.7. The Hall–Kier alpha value is -7.89. The number of hydrogen-bond donors (Lipinski definition) is 6. The summed E-state index contributed by atoms with van der Waals surface area (Å²) in [7, 11) is 0. The number of nitrogens with zero attached hydrogens (tertiary/aromatic N) is 3. The van der Waals surface area contributed by atoms with E-state index in [-0.39, 0.29) is 19.6 Å². The number of carbonyl (C=O) groups is 6. The Morgan fingerprint density at radius 3 is 1.41 bits per heavy atom. The highest BCUT2D eigenvalue weighted by molar-refractivity contribution is 6.11. The van der Waals surface area contributed by atoms with Crippen molar-refractivity contribution in [2.24, 2.45) is 0 Å². The highest BCUT2D eigenvalue weighted by Crippen LogP contribution is 2.36. The normalized spacial score (nSPS) is 17.0. The van der Waals surface area contributed by atoms with Crippen molar-refractivity contribution in [3.63, 3.8) is 0 Å². The summed E-state index contributed by atoms with van der Waals surface area (Å²) < 4.78 is 42.5. The molecule has 0 spiro atoms. The SMILES string of the molecule is O=C(O)NC(C(=O)N1CCC[C@H]1C(=O)Nc1ccc2c3ccc(NC(=O)[C@@H]4CCCN4C(=O)C(NC(=O)O)c4ccccc4)cc3n(Cc3ccc(C(F)(F)F)cc3)c2c1)c1ccccc1. The van der Waals surface area contributed by atoms with Gasteiger partial charge in [0.1, 0.15) is 24.2 Å². The molecule has 18 heteroatoms. The van der Waals surface area contributed by atoms with Crippen LogP contribution in [0.3, 0.4) is 0 Å². The van der Waals surface area contributed by atoms with Gasteiger partial charge in [0, 0.05) is 41.8 Å². The molecule has 15 nitrogen and oxygen atoms in total. The maximum Gasteiger partial charge on any atom is 0.416 e. The average molecular weight is 904 g/mol. The molecule has 8 rings (SSSR count). The first-order chi connectivity index (χ1) is 31.7. The lowest BCUT2D eigenvalue weighted by Crippen LogP contribution is -2.48. The molecule has 2 saturated heterocycles. The predicted molar refractivity (Wildman–Crippen MR) is 237 cm³/mol. The molecule has 340 valence electrons. The number of halogens is 3. The predicted octanol–water partition coefficient (Wildman–Crippen LogP) is 7.74. The number of carboxylic acid groups (broad SMARTS) is 2. The molecular weight excluding hydrogens is 860 g/mol. The number of aromatic nitrogens is 1. The van der Waals surface area contributed by atoms with E-state index in [4.69, 9.17) is 0 Å². The number of anilines is 2. The molecular formula is C48H44F3N7O8. The monoisotopic (exact) mass is 903 g/mol. The Bertz CT molecular complexity index is 2660. The molecule has 6 amide bonds. The van der Waals surface area contributed by atoms with Crippen LogP contribution in [-0.4, -0.2) is 85.6 Å². The van der Waals surface area contributed by atoms with Crippen LogP contribution in [0.2, 0.25) is 0 Å². The lowest BCUT2D eigenvalue weighted by molar-refractivity contribution is -0.138. The molecule has 2 fully saturated rings. The van der Waals surface area contributed by atoms with E-state index < -0.39 is 71.7 Å². The van der Waals surface area contributed by atoms with Crippen molar-refractivity contribution in [2.75, 3.05) is 23.7 Å². The van der Waals surface area contributed by atoms with Gasteiger partial charge in [-0.3, -0.25) is 19.2 Å². The third kappa shape index (κ3) is 9.47. The smallest absolute Gasteiger partial charge is 0.416 e. The molecule has 0 bridgehead atoms. The van der Waals surface area contributed by atoms with Crippen LogP contribution in [0.5, 0.6) is 0 Å². The molecule has 66 heavy (non-hydrogen) atoms. The van der Waals surface area contributed by atoms with E-state index in [1.54, 1.807) is 97.1 Å². The van der Waals surface area contributed by atoms with Crippen molar-refractivity contribution < 1.29 is 52.2 Å². The van der Waals surface area contributed by atoms with E-state index >= 15 is 0 Å². The second-order valence-electron chi connectivity index (χ2n) is 16.2. The number of hydrogen-bond acceptors (Lipinski definition) is 6. The van der Waals surface area contributed by atoms with Crippen LogP contribution in [0.4, 0.5) is 34.1 Å². The lowest BCUT2D eigenvalue weighted by atomic mass is 10.0. The minimum Gasteiger partial charge on any atom is -0.465 e. The number of likely N-dealkylation sites (tertiary alicyclic amines) is 2. The van der Waals surface area contributed by atoms with Gasteiger partial charge in [-0.1, -0.05) is 84.9 Å². The van der Waals surface area contributed by atoms with Crippen molar-refractivity contribution in [3.05, 3.63) is 144 Å². The molecule has 5 aromatic carbocycles. The number of carbonyl (C=O) groups excluding carboxylic acids is 4. The highest BCUT2D eigenvalue weighted by atomic mass is 19.4. The molecule has 2 aliphatic heterocycles. The van der Waals surface area contributed by atoms with Crippen LogP contribution in [-0.2, 0) is 31.9 Å². The van der Waals surface area contributed by atoms with Crippen LogP contribution >= 0.6 is 0 Å². The van der Waals surface area contributed by atoms with Gasteiger partial charge >= 0.3 is 18.4 Å². The summed E-state index contributed by atoms with van der Waals surface area (Å²) in [6, 6.07) is 27.5. The summed E-state index contributed by atoms with van der Waals surface area (Å²) in [5.74, 6) is -2.14. The Morgan fingerprint density at radius 2 is 1.02 bits per heavy atom. The van der Waals surface area contributed by atoms with Crippen LogP contribution in [0, 0.1) is 0 Å². The molecule has 3 heterocycles. The number of nitrogens with one attached hydrogen (secondary N) is 4. The maximum absolute atomic E-state index is 14.0. The van der Waals surface area contributed by atoms with Gasteiger partial charge in [0.2, 0.25) is 11.8 Å². The third-order valence-corrected chi connectivity index (χ3v) is 12.0. The van der Waals surface area contributed by atoms with Gasteiger partial charge in [0.15, 0.2) is 0 Å². The number of amides is 6. The van der Waals surface area contributed by atoms with Crippen molar-refractivity contribution in [2.45, 2.75) is 62.6 Å². The minimum absolute atomic E-state index is 0.0810. The van der Waals surface area contributed by atoms with E-state index in [0.717, 1.165) is 22.9 Å². The molecule has 2 unspecified atom stereocenters. The first-order valence-corrected chi connectivity index (χ1v) is 21.2. The number of alkyl halides is 3. The van der Waals surface area contributed by atoms with Crippen LogP contribution < -0.4 is 21.3 Å². The zero-order valence-corrected chi connectivity index (χ0v) is 35.1. The molecule has 6 N–H and O–H groups in total. The molecule has 0 radical (unpaired) electrons. The summed E-state index contributed by atoms with van der Waals surface area (Å²) in [4.78, 5) is 81.7. The molecule has 0 aliphatic carbocycles. The fraction of sp³-hybridized carbons (Fsp3) is 0.250. The van der Waals surface area contributed by atoms with Crippen molar-refractivity contribution in [1.82, 2.24) is 25.0 Å². The number of rotatable bonds is 12. The van der Waals surface area contributed by atoms with Crippen molar-refractivity contribution in [1.29, 1.82) is 0 Å². The minimum atomic E-state index is -4.55. The second-order valence-corrected chi connectivity index (χ2v) is 16.2. The molecule has 1 aromatic heterocycles. The van der Waals surface area contributed by atoms with Crippen LogP contribution in [0.25, 0.3) is 21.8 Å². The Morgan fingerprint density at radius 1 is 0.591 bits per heavy atom. The van der Waals surface area contributed by atoms with E-state index in [2.05, 4.69) is 21.3 Å². The standard InChI is InChI=1S/C48H44F3N7O8/c49-48(50,51)31-17-15-28(16-18-31)27-58-38-25-32(52-42(59)36-13-7-23-56(36)44(61)40(54-46(63)64)29-9-3-1-4-10-29)19-21-34(38)35-22-20-33(26-39(35)58)53-43(60)37-14-8-24-57(37)45(62)41(55-47(65)66)30-11-5-2-6-12-30/h1-6,9-12,15-22,25-26,36-37,40-41,54-55H,7-8,13-14,23-24,27H2,(H,52,59)(H,53,60)(H,63,64)(H,65,66)/t36-,37-,40?,41?/m0/s1. The van der Waals surface area contributed by atoms with E-state index in [0.29, 0.717) is 64.8 Å². The van der Waals surface area contributed by atoms with Gasteiger partial charge in [-0.25, -0.2) is 9.59 Å². The number of fused-ring (bicyclic) bond motifs is 3. The van der Waals surface area contributed by atoms with Gasteiger partial charge in [0.25, 0.3) is 11.8 Å². The quantitative estimate of drug-likeness (QED) is 0.0716. The number of benzene rings is 5. The lowest BCUT2D eigenvalue weighted by Gasteiger charge is -2.28. The summed E-state index contributed by atoms with van der Waals surface area (Å²) >= 11 is 0. The Labute approximate surface area is 375 Å². The van der Waals surface area contributed by atoms with Gasteiger partial charge < -0.3 is 45.8 Å². The van der Waals surface area contributed by atoms with E-state index in [1.807, 2.05) is 4.57 Å². The molecule has 4 atom stereocenters. The first kappa shape index (κ1) is 44.7. The molecule has 6 aromatic rings. The third-order valence-electron chi connectivity index (χ3n) is 12.0. The van der Waals surface area contributed by atoms with Gasteiger partial charge in [-0.15, -0.1) is 0 Å². The average Bonchev–Trinajstić information content (AvgIpc) is 4.07. The highest BCUT2D eigenvalue weighted by Gasteiger charge is 2.40. The zero-order chi connectivity index (χ0) is 46.7.